The Kier molecular flexibility index (Phi) is 5.82. The molecule has 0 radical (unpaired) electrons. The summed E-state index contributed by atoms with van der Waals surface area (Å²) >= 11 is 5.86. The van der Waals surface area contributed by atoms with Crippen molar-refractivity contribution >= 4 is 11.6 Å². The number of ether oxygens (including phenoxy) is 1. The number of aliphatic hydroxyl groups excluding tert-OH is 1. The van der Waals surface area contributed by atoms with E-state index in [-0.39, 0.29) is 0 Å². The van der Waals surface area contributed by atoms with Gasteiger partial charge in [-0.15, -0.1) is 0 Å². The summed E-state index contributed by atoms with van der Waals surface area (Å²) in [6.07, 6.45) is 1.60. The van der Waals surface area contributed by atoms with Crippen LogP contribution in [-0.4, -0.2) is 11.7 Å². The summed E-state index contributed by atoms with van der Waals surface area (Å²) in [6.45, 7) is 2.22. The predicted molar refractivity (Wildman–Crippen MR) is 67.0 cm³/mol. The fraction of sp³-hybridized carbons (Fsp3) is 0.462. The van der Waals surface area contributed by atoms with Gasteiger partial charge in [0.05, 0.1) is 18.8 Å². The maximum atomic E-state index is 9.59. The first-order valence-electron chi connectivity index (χ1n) is 5.62. The zero-order valence-corrected chi connectivity index (χ0v) is 10.6. The number of nitrogens with zero attached hydrogens (tertiary/aromatic N) is 1. The molecule has 1 atom stereocenters. The lowest BCUT2D eigenvalue weighted by atomic mass is 10.1. The van der Waals surface area contributed by atoms with Crippen molar-refractivity contribution in [2.75, 3.05) is 6.61 Å². The molecule has 4 heteroatoms. The number of rotatable bonds is 6. The van der Waals surface area contributed by atoms with Crippen LogP contribution in [0, 0.1) is 11.3 Å². The highest BCUT2D eigenvalue weighted by molar-refractivity contribution is 6.30. The number of hydrogen-bond donors (Lipinski definition) is 1. The van der Waals surface area contributed by atoms with Crippen molar-refractivity contribution in [1.29, 1.82) is 5.26 Å². The maximum Gasteiger partial charge on any atom is 0.125 e. The molecule has 0 amide bonds. The van der Waals surface area contributed by atoms with Gasteiger partial charge in [0, 0.05) is 17.0 Å². The molecule has 0 spiro atoms. The van der Waals surface area contributed by atoms with E-state index in [2.05, 4.69) is 6.07 Å². The van der Waals surface area contributed by atoms with E-state index in [1.165, 1.54) is 0 Å². The van der Waals surface area contributed by atoms with Gasteiger partial charge in [0.15, 0.2) is 0 Å². The van der Waals surface area contributed by atoms with Gasteiger partial charge in [-0.2, -0.15) is 5.26 Å². The number of halogens is 1. The Morgan fingerprint density at radius 2 is 2.24 bits per heavy atom. The molecule has 3 nitrogen and oxygen atoms in total. The number of hydrogen-bond acceptors (Lipinski definition) is 3. The molecule has 0 saturated heterocycles. The topological polar surface area (TPSA) is 53.2 Å². The van der Waals surface area contributed by atoms with E-state index < -0.39 is 6.10 Å². The Hall–Kier alpha value is -1.24. The third kappa shape index (κ3) is 4.64. The fourth-order valence-corrected chi connectivity index (χ4v) is 1.65. The molecule has 1 N–H and O–H groups in total. The fourth-order valence-electron chi connectivity index (χ4n) is 1.47. The molecule has 0 bridgehead atoms. The van der Waals surface area contributed by atoms with Gasteiger partial charge in [-0.25, -0.2) is 0 Å². The molecule has 17 heavy (non-hydrogen) atoms. The third-order valence-electron chi connectivity index (χ3n) is 2.36. The highest BCUT2D eigenvalue weighted by Gasteiger charge is 2.09. The van der Waals surface area contributed by atoms with Crippen LogP contribution < -0.4 is 4.74 Å². The smallest absolute Gasteiger partial charge is 0.125 e. The molecule has 92 valence electrons. The van der Waals surface area contributed by atoms with Crippen molar-refractivity contribution < 1.29 is 9.84 Å². The molecule has 0 aliphatic carbocycles. The first-order chi connectivity index (χ1) is 8.15. The minimum absolute atomic E-state index is 0.545. The zero-order valence-electron chi connectivity index (χ0n) is 9.82. The van der Waals surface area contributed by atoms with Crippen LogP contribution in [-0.2, 0) is 0 Å². The van der Waals surface area contributed by atoms with Crippen LogP contribution in [0.25, 0.3) is 0 Å². The van der Waals surface area contributed by atoms with E-state index >= 15 is 0 Å². The summed E-state index contributed by atoms with van der Waals surface area (Å²) in [5, 5.41) is 18.6. The third-order valence-corrected chi connectivity index (χ3v) is 2.60. The van der Waals surface area contributed by atoms with Crippen molar-refractivity contribution in [3.05, 3.63) is 28.8 Å². The van der Waals surface area contributed by atoms with Crippen molar-refractivity contribution in [1.82, 2.24) is 0 Å². The lowest BCUT2D eigenvalue weighted by molar-refractivity contribution is 0.191. The van der Waals surface area contributed by atoms with Crippen molar-refractivity contribution in [3.63, 3.8) is 0 Å². The molecule has 0 aromatic heterocycles. The van der Waals surface area contributed by atoms with Crippen LogP contribution in [0.3, 0.4) is 0 Å². The Morgan fingerprint density at radius 3 is 2.88 bits per heavy atom. The van der Waals surface area contributed by atoms with Gasteiger partial charge in [-0.05, 0) is 38.0 Å². The van der Waals surface area contributed by atoms with Crippen LogP contribution >= 0.6 is 11.6 Å². The largest absolute Gasteiger partial charge is 0.493 e. The zero-order chi connectivity index (χ0) is 12.7. The molecule has 1 rings (SSSR count). The highest BCUT2D eigenvalue weighted by atomic mass is 35.5. The van der Waals surface area contributed by atoms with Gasteiger partial charge in [0.25, 0.3) is 0 Å². The lowest BCUT2D eigenvalue weighted by Gasteiger charge is -2.13. The Bertz CT molecular complexity index is 399. The maximum absolute atomic E-state index is 9.59. The van der Waals surface area contributed by atoms with Gasteiger partial charge in [0.1, 0.15) is 5.75 Å². The summed E-state index contributed by atoms with van der Waals surface area (Å²) in [5.74, 6) is 0.654. The Morgan fingerprint density at radius 1 is 1.47 bits per heavy atom. The summed E-state index contributed by atoms with van der Waals surface area (Å²) in [7, 11) is 0. The molecular weight excluding hydrogens is 238 g/mol. The van der Waals surface area contributed by atoms with Crippen molar-refractivity contribution in [3.8, 4) is 11.8 Å². The van der Waals surface area contributed by atoms with E-state index in [1.54, 1.807) is 25.1 Å². The lowest BCUT2D eigenvalue weighted by Crippen LogP contribution is -2.02. The standard InChI is InChI=1S/C13H16ClNO2/c1-10(16)12-9-11(14)5-6-13(12)17-8-4-2-3-7-15/h5-6,9-10,16H,2-4,8H2,1H3/t10-/m1/s1. The van der Waals surface area contributed by atoms with E-state index in [1.807, 2.05) is 0 Å². The first-order valence-corrected chi connectivity index (χ1v) is 6.00. The second kappa shape index (κ2) is 7.16. The summed E-state index contributed by atoms with van der Waals surface area (Å²) in [5.41, 5.74) is 0.692. The second-order valence-electron chi connectivity index (χ2n) is 3.82. The second-order valence-corrected chi connectivity index (χ2v) is 4.26. The minimum Gasteiger partial charge on any atom is -0.493 e. The summed E-state index contributed by atoms with van der Waals surface area (Å²) in [4.78, 5) is 0. The van der Waals surface area contributed by atoms with E-state index in [0.717, 1.165) is 12.8 Å². The molecule has 0 aliphatic rings. The number of unbranched alkanes of at least 4 members (excludes halogenated alkanes) is 2. The van der Waals surface area contributed by atoms with Crippen LogP contribution in [0.2, 0.25) is 5.02 Å². The number of aliphatic hydroxyl groups is 1. The molecule has 0 heterocycles. The molecule has 1 aromatic carbocycles. The molecule has 0 fully saturated rings. The van der Waals surface area contributed by atoms with Crippen LogP contribution in [0.4, 0.5) is 0 Å². The summed E-state index contributed by atoms with van der Waals surface area (Å²) in [6, 6.07) is 7.29. The van der Waals surface area contributed by atoms with E-state index in [9.17, 15) is 5.11 Å². The monoisotopic (exact) mass is 253 g/mol. The first kappa shape index (κ1) is 13.8. The normalized spacial score (nSPS) is 11.9. The van der Waals surface area contributed by atoms with Crippen LogP contribution in [0.1, 0.15) is 37.9 Å². The quantitative estimate of drug-likeness (QED) is 0.790. The highest BCUT2D eigenvalue weighted by Crippen LogP contribution is 2.28. The average Bonchev–Trinajstić information content (AvgIpc) is 2.30. The van der Waals surface area contributed by atoms with E-state index in [0.29, 0.717) is 29.4 Å². The van der Waals surface area contributed by atoms with Gasteiger partial charge >= 0.3 is 0 Å². The van der Waals surface area contributed by atoms with Crippen molar-refractivity contribution in [2.24, 2.45) is 0 Å². The SMILES string of the molecule is C[C@@H](O)c1cc(Cl)ccc1OCCCCC#N. The summed E-state index contributed by atoms with van der Waals surface area (Å²) < 4.78 is 5.57. The number of benzene rings is 1. The Labute approximate surface area is 107 Å². The predicted octanol–water partition coefficient (Wildman–Crippen LogP) is 3.47. The van der Waals surface area contributed by atoms with Crippen LogP contribution in [0.15, 0.2) is 18.2 Å². The number of nitriles is 1. The van der Waals surface area contributed by atoms with Crippen molar-refractivity contribution in [2.45, 2.75) is 32.3 Å². The molecule has 0 unspecified atom stereocenters. The molecule has 1 aromatic rings. The van der Waals surface area contributed by atoms with Gasteiger partial charge in [-0.3, -0.25) is 0 Å². The van der Waals surface area contributed by atoms with Gasteiger partial charge < -0.3 is 9.84 Å². The van der Waals surface area contributed by atoms with E-state index in [4.69, 9.17) is 21.6 Å². The molecule has 0 aliphatic heterocycles. The van der Waals surface area contributed by atoms with Crippen LogP contribution in [0.5, 0.6) is 5.75 Å². The average molecular weight is 254 g/mol. The Balaban J connectivity index is 2.55. The van der Waals surface area contributed by atoms with Gasteiger partial charge in [0.2, 0.25) is 0 Å². The van der Waals surface area contributed by atoms with Gasteiger partial charge in [-0.1, -0.05) is 11.6 Å². The molecular formula is C13H16ClNO2. The minimum atomic E-state index is -0.609. The molecule has 0 saturated carbocycles.